The third-order valence-corrected chi connectivity index (χ3v) is 2.44. The van der Waals surface area contributed by atoms with Crippen LogP contribution in [0.3, 0.4) is 0 Å². The molecule has 0 atom stereocenters. The Labute approximate surface area is 109 Å². The molecule has 0 saturated carbocycles. The minimum Gasteiger partial charge on any atom is -0.462 e. The maximum Gasteiger partial charge on any atom is 0.350 e. The first-order valence-corrected chi connectivity index (χ1v) is 5.71. The molecule has 6 nitrogen and oxygen atoms in total. The minimum atomic E-state index is -0.639. The predicted octanol–water partition coefficient (Wildman–Crippen LogP) is 1.95. The summed E-state index contributed by atoms with van der Waals surface area (Å²) >= 11 is 0. The first kappa shape index (κ1) is 12.6. The van der Waals surface area contributed by atoms with E-state index in [9.17, 15) is 4.79 Å². The van der Waals surface area contributed by atoms with Gasteiger partial charge >= 0.3 is 5.97 Å². The number of ether oxygens (including phenoxy) is 1. The number of carbonyl (C=O) groups is 1. The van der Waals surface area contributed by atoms with Gasteiger partial charge in [-0.25, -0.2) is 4.79 Å². The number of aromatic amines is 1. The number of rotatable bonds is 4. The van der Waals surface area contributed by atoms with Crippen LogP contribution in [-0.4, -0.2) is 22.8 Å². The summed E-state index contributed by atoms with van der Waals surface area (Å²) in [5.74, 6) is -0.639. The molecule has 0 radical (unpaired) electrons. The molecule has 0 bridgehead atoms. The van der Waals surface area contributed by atoms with Crippen LogP contribution in [0.25, 0.3) is 10.9 Å². The molecule has 0 aliphatic rings. The van der Waals surface area contributed by atoms with Crippen molar-refractivity contribution >= 4 is 22.6 Å². The standard InChI is InChI=1S/C13H12N4O2/c1-2-19-13(18)10(6-14)7-15-11-4-3-9-8-16-17-12(9)5-11/h3-5,7-8,15H,2H2,1H3,(H,16,17)/b10-7+. The number of H-pyrrole nitrogens is 1. The molecule has 1 aromatic carbocycles. The Balaban J connectivity index is 2.15. The van der Waals surface area contributed by atoms with Gasteiger partial charge < -0.3 is 10.1 Å². The quantitative estimate of drug-likeness (QED) is 0.495. The van der Waals surface area contributed by atoms with Gasteiger partial charge in [0, 0.05) is 17.3 Å². The van der Waals surface area contributed by atoms with Crippen molar-refractivity contribution in [1.29, 1.82) is 5.26 Å². The number of esters is 1. The lowest BCUT2D eigenvalue weighted by Crippen LogP contribution is -2.07. The minimum absolute atomic E-state index is 0.0773. The molecule has 0 saturated heterocycles. The zero-order valence-corrected chi connectivity index (χ0v) is 10.3. The van der Waals surface area contributed by atoms with Crippen LogP contribution in [0.5, 0.6) is 0 Å². The van der Waals surface area contributed by atoms with Crippen LogP contribution in [0, 0.1) is 11.3 Å². The van der Waals surface area contributed by atoms with Crippen molar-refractivity contribution < 1.29 is 9.53 Å². The number of fused-ring (bicyclic) bond motifs is 1. The zero-order valence-electron chi connectivity index (χ0n) is 10.3. The molecule has 0 amide bonds. The van der Waals surface area contributed by atoms with Crippen molar-refractivity contribution in [1.82, 2.24) is 10.2 Å². The van der Waals surface area contributed by atoms with E-state index in [1.54, 1.807) is 19.2 Å². The highest BCUT2D eigenvalue weighted by Crippen LogP contribution is 2.16. The monoisotopic (exact) mass is 256 g/mol. The molecule has 1 aromatic heterocycles. The van der Waals surface area contributed by atoms with Crippen LogP contribution < -0.4 is 5.32 Å². The number of hydrogen-bond donors (Lipinski definition) is 2. The fraction of sp³-hybridized carbons (Fsp3) is 0.154. The van der Waals surface area contributed by atoms with Crippen LogP contribution in [-0.2, 0) is 9.53 Å². The van der Waals surface area contributed by atoms with Crippen LogP contribution >= 0.6 is 0 Å². The molecule has 2 N–H and O–H groups in total. The van der Waals surface area contributed by atoms with Crippen LogP contribution in [0.1, 0.15) is 6.92 Å². The fourth-order valence-electron chi connectivity index (χ4n) is 1.53. The van der Waals surface area contributed by atoms with Gasteiger partial charge in [-0.15, -0.1) is 0 Å². The Morgan fingerprint density at radius 2 is 2.47 bits per heavy atom. The van der Waals surface area contributed by atoms with Crippen molar-refractivity contribution in [3.63, 3.8) is 0 Å². The van der Waals surface area contributed by atoms with Gasteiger partial charge in [0.15, 0.2) is 5.57 Å². The number of nitrogens with one attached hydrogen (secondary N) is 2. The summed E-state index contributed by atoms with van der Waals surface area (Å²) in [5, 5.41) is 19.5. The van der Waals surface area contributed by atoms with E-state index >= 15 is 0 Å². The average Bonchev–Trinajstić information content (AvgIpc) is 2.87. The number of nitrogens with zero attached hydrogens (tertiary/aromatic N) is 2. The van der Waals surface area contributed by atoms with E-state index < -0.39 is 5.97 Å². The number of aromatic nitrogens is 2. The second-order valence-corrected chi connectivity index (χ2v) is 3.71. The zero-order chi connectivity index (χ0) is 13.7. The molecule has 2 aromatic rings. The van der Waals surface area contributed by atoms with E-state index in [0.717, 1.165) is 16.6 Å². The predicted molar refractivity (Wildman–Crippen MR) is 70.0 cm³/mol. The number of nitriles is 1. The van der Waals surface area contributed by atoms with Crippen LogP contribution in [0.15, 0.2) is 36.2 Å². The summed E-state index contributed by atoms with van der Waals surface area (Å²) in [6.07, 6.45) is 3.05. The van der Waals surface area contributed by atoms with Crippen molar-refractivity contribution in [3.8, 4) is 6.07 Å². The molecule has 19 heavy (non-hydrogen) atoms. The summed E-state index contributed by atoms with van der Waals surface area (Å²) in [6, 6.07) is 7.33. The fourth-order valence-corrected chi connectivity index (χ4v) is 1.53. The van der Waals surface area contributed by atoms with E-state index in [0.29, 0.717) is 0 Å². The Morgan fingerprint density at radius 3 is 3.21 bits per heavy atom. The van der Waals surface area contributed by atoms with Crippen molar-refractivity contribution in [2.45, 2.75) is 6.92 Å². The van der Waals surface area contributed by atoms with E-state index in [2.05, 4.69) is 15.5 Å². The van der Waals surface area contributed by atoms with Crippen molar-refractivity contribution in [2.75, 3.05) is 11.9 Å². The Kier molecular flexibility index (Phi) is 3.78. The molecule has 0 aliphatic heterocycles. The van der Waals surface area contributed by atoms with E-state index in [4.69, 9.17) is 10.00 Å². The maximum absolute atomic E-state index is 11.4. The van der Waals surface area contributed by atoms with E-state index in [1.807, 2.05) is 18.2 Å². The summed E-state index contributed by atoms with van der Waals surface area (Å²) in [7, 11) is 0. The highest BCUT2D eigenvalue weighted by Gasteiger charge is 2.09. The topological polar surface area (TPSA) is 90.8 Å². The second kappa shape index (κ2) is 5.69. The number of benzene rings is 1. The third kappa shape index (κ3) is 2.90. The Morgan fingerprint density at radius 1 is 1.63 bits per heavy atom. The lowest BCUT2D eigenvalue weighted by molar-refractivity contribution is -0.138. The van der Waals surface area contributed by atoms with Gasteiger partial charge in [-0.1, -0.05) is 0 Å². The molecule has 1 heterocycles. The SMILES string of the molecule is CCOC(=O)/C(C#N)=C/Nc1ccc2cn[nH]c2c1. The number of carbonyl (C=O) groups excluding carboxylic acids is 1. The molecule has 6 heteroatoms. The molecular weight excluding hydrogens is 244 g/mol. The molecule has 0 fully saturated rings. The van der Waals surface area contributed by atoms with Gasteiger partial charge in [0.2, 0.25) is 0 Å². The first-order valence-electron chi connectivity index (χ1n) is 5.71. The highest BCUT2D eigenvalue weighted by molar-refractivity contribution is 5.93. The molecule has 0 spiro atoms. The summed E-state index contributed by atoms with van der Waals surface area (Å²) in [6.45, 7) is 1.92. The largest absolute Gasteiger partial charge is 0.462 e. The van der Waals surface area contributed by atoms with Crippen LogP contribution in [0.2, 0.25) is 0 Å². The Hall–Kier alpha value is -2.81. The molecule has 2 rings (SSSR count). The smallest absolute Gasteiger partial charge is 0.350 e. The lowest BCUT2D eigenvalue weighted by atomic mass is 10.2. The first-order chi connectivity index (χ1) is 9.24. The molecule has 0 aliphatic carbocycles. The Bertz CT molecular complexity index is 667. The van der Waals surface area contributed by atoms with Gasteiger partial charge in [0.1, 0.15) is 6.07 Å². The lowest BCUT2D eigenvalue weighted by Gasteiger charge is -2.02. The van der Waals surface area contributed by atoms with Gasteiger partial charge in [-0.2, -0.15) is 10.4 Å². The average molecular weight is 256 g/mol. The molecular formula is C13H12N4O2. The third-order valence-electron chi connectivity index (χ3n) is 2.44. The van der Waals surface area contributed by atoms with Gasteiger partial charge in [0.25, 0.3) is 0 Å². The summed E-state index contributed by atoms with van der Waals surface area (Å²) in [4.78, 5) is 11.4. The van der Waals surface area contributed by atoms with Crippen LogP contribution in [0.4, 0.5) is 5.69 Å². The summed E-state index contributed by atoms with van der Waals surface area (Å²) in [5.41, 5.74) is 1.54. The molecule has 96 valence electrons. The molecule has 0 unspecified atom stereocenters. The van der Waals surface area contributed by atoms with Crippen molar-refractivity contribution in [2.24, 2.45) is 0 Å². The van der Waals surface area contributed by atoms with Crippen molar-refractivity contribution in [3.05, 3.63) is 36.2 Å². The second-order valence-electron chi connectivity index (χ2n) is 3.71. The van der Waals surface area contributed by atoms with Gasteiger partial charge in [-0.05, 0) is 25.1 Å². The number of hydrogen-bond acceptors (Lipinski definition) is 5. The number of anilines is 1. The normalized spacial score (nSPS) is 11.1. The highest BCUT2D eigenvalue weighted by atomic mass is 16.5. The van der Waals surface area contributed by atoms with E-state index in [1.165, 1.54) is 6.20 Å². The van der Waals surface area contributed by atoms with Gasteiger partial charge in [-0.3, -0.25) is 5.10 Å². The summed E-state index contributed by atoms with van der Waals surface area (Å²) < 4.78 is 4.76. The van der Waals surface area contributed by atoms with Gasteiger partial charge in [0.05, 0.1) is 18.3 Å². The van der Waals surface area contributed by atoms with E-state index in [-0.39, 0.29) is 12.2 Å². The maximum atomic E-state index is 11.4.